The van der Waals surface area contributed by atoms with Gasteiger partial charge in [0.2, 0.25) is 0 Å². The minimum absolute atomic E-state index is 0.245. The highest BCUT2D eigenvalue weighted by molar-refractivity contribution is 6.30. The van der Waals surface area contributed by atoms with Crippen molar-refractivity contribution in [3.05, 3.63) is 70.9 Å². The number of imidazole rings is 1. The monoisotopic (exact) mass is 341 g/mol. The lowest BCUT2D eigenvalue weighted by Gasteiger charge is -2.06. The molecule has 24 heavy (non-hydrogen) atoms. The number of halogens is 1. The summed E-state index contributed by atoms with van der Waals surface area (Å²) in [5.74, 6) is 1.19. The topological polar surface area (TPSA) is 72.7 Å². The predicted molar refractivity (Wildman–Crippen MR) is 91.4 cm³/mol. The lowest BCUT2D eigenvalue weighted by atomic mass is 10.1. The van der Waals surface area contributed by atoms with Gasteiger partial charge < -0.3 is 5.32 Å². The van der Waals surface area contributed by atoms with Gasteiger partial charge in [0.15, 0.2) is 11.5 Å². The zero-order chi connectivity index (χ0) is 16.9. The van der Waals surface area contributed by atoms with Crippen LogP contribution < -0.4 is 5.32 Å². The molecule has 1 aromatic carbocycles. The standard InChI is InChI=1S/C17H16ClN5O/c1-12-19-10-11-23(12)16-7-6-15(21-22-16)17(24)20-9-8-13-2-4-14(18)5-3-13/h2-7,10-11H,8-9H2,1H3,(H,20,24). The minimum Gasteiger partial charge on any atom is -0.350 e. The molecule has 0 fully saturated rings. The molecule has 0 aliphatic rings. The van der Waals surface area contributed by atoms with E-state index in [1.165, 1.54) is 0 Å². The second kappa shape index (κ2) is 7.23. The molecule has 1 N–H and O–H groups in total. The van der Waals surface area contributed by atoms with Crippen LogP contribution in [-0.4, -0.2) is 32.2 Å². The van der Waals surface area contributed by atoms with Gasteiger partial charge in [0.05, 0.1) is 0 Å². The van der Waals surface area contributed by atoms with E-state index in [0.29, 0.717) is 17.4 Å². The molecule has 0 saturated carbocycles. The molecule has 3 aromatic rings. The van der Waals surface area contributed by atoms with Crippen LogP contribution in [-0.2, 0) is 6.42 Å². The lowest BCUT2D eigenvalue weighted by Crippen LogP contribution is -2.26. The van der Waals surface area contributed by atoms with E-state index >= 15 is 0 Å². The molecule has 0 atom stereocenters. The number of rotatable bonds is 5. The number of carbonyl (C=O) groups excluding carboxylic acids is 1. The summed E-state index contributed by atoms with van der Waals surface area (Å²) in [6.07, 6.45) is 4.21. The molecule has 0 aliphatic carbocycles. The van der Waals surface area contributed by atoms with E-state index in [4.69, 9.17) is 11.6 Å². The maximum absolute atomic E-state index is 12.1. The molecule has 122 valence electrons. The Morgan fingerprint density at radius 1 is 1.17 bits per heavy atom. The number of hydrogen-bond acceptors (Lipinski definition) is 4. The average Bonchev–Trinajstić information content (AvgIpc) is 3.03. The van der Waals surface area contributed by atoms with E-state index in [2.05, 4.69) is 20.5 Å². The Balaban J connectivity index is 1.57. The number of aromatic nitrogens is 4. The highest BCUT2D eigenvalue weighted by Crippen LogP contribution is 2.10. The normalized spacial score (nSPS) is 10.6. The molecule has 2 heterocycles. The zero-order valence-corrected chi connectivity index (χ0v) is 13.9. The van der Waals surface area contributed by atoms with Gasteiger partial charge in [-0.05, 0) is 43.2 Å². The first-order valence-corrected chi connectivity index (χ1v) is 7.88. The molecule has 7 heteroatoms. The maximum Gasteiger partial charge on any atom is 0.271 e. The summed E-state index contributed by atoms with van der Waals surface area (Å²) in [6.45, 7) is 2.39. The van der Waals surface area contributed by atoms with E-state index in [9.17, 15) is 4.79 Å². The molecule has 0 radical (unpaired) electrons. The third-order valence-corrected chi connectivity index (χ3v) is 3.82. The summed E-state index contributed by atoms with van der Waals surface area (Å²) in [4.78, 5) is 16.2. The van der Waals surface area contributed by atoms with Gasteiger partial charge in [0.25, 0.3) is 5.91 Å². The van der Waals surface area contributed by atoms with Crippen LogP contribution in [0, 0.1) is 6.92 Å². The second-order valence-corrected chi connectivity index (χ2v) is 5.69. The first kappa shape index (κ1) is 16.1. The molecular weight excluding hydrogens is 326 g/mol. The fraction of sp³-hybridized carbons (Fsp3) is 0.176. The van der Waals surface area contributed by atoms with Gasteiger partial charge in [-0.15, -0.1) is 10.2 Å². The molecule has 1 amide bonds. The molecule has 0 bridgehead atoms. The van der Waals surface area contributed by atoms with Crippen LogP contribution in [0.4, 0.5) is 0 Å². The van der Waals surface area contributed by atoms with Crippen molar-refractivity contribution in [3.8, 4) is 5.82 Å². The van der Waals surface area contributed by atoms with Gasteiger partial charge in [0.1, 0.15) is 5.82 Å². The van der Waals surface area contributed by atoms with E-state index in [0.717, 1.165) is 17.8 Å². The molecule has 0 saturated heterocycles. The van der Waals surface area contributed by atoms with Crippen LogP contribution in [0.2, 0.25) is 5.02 Å². The number of aryl methyl sites for hydroxylation is 1. The van der Waals surface area contributed by atoms with Crippen LogP contribution in [0.1, 0.15) is 21.9 Å². The third kappa shape index (κ3) is 3.78. The van der Waals surface area contributed by atoms with E-state index < -0.39 is 0 Å². The van der Waals surface area contributed by atoms with Crippen LogP contribution >= 0.6 is 11.6 Å². The van der Waals surface area contributed by atoms with Crippen LogP contribution in [0.5, 0.6) is 0 Å². The van der Waals surface area contributed by atoms with E-state index in [-0.39, 0.29) is 11.6 Å². The highest BCUT2D eigenvalue weighted by Gasteiger charge is 2.09. The number of carbonyl (C=O) groups is 1. The van der Waals surface area contributed by atoms with Gasteiger partial charge >= 0.3 is 0 Å². The van der Waals surface area contributed by atoms with Gasteiger partial charge in [-0.25, -0.2) is 4.98 Å². The summed E-state index contributed by atoms with van der Waals surface area (Å²) in [5, 5.41) is 11.6. The quantitative estimate of drug-likeness (QED) is 0.774. The fourth-order valence-electron chi connectivity index (χ4n) is 2.26. The van der Waals surface area contributed by atoms with Gasteiger partial charge in [0, 0.05) is 24.0 Å². The van der Waals surface area contributed by atoms with Crippen molar-refractivity contribution in [2.75, 3.05) is 6.54 Å². The van der Waals surface area contributed by atoms with Crippen molar-refractivity contribution in [1.82, 2.24) is 25.1 Å². The summed E-state index contributed by atoms with van der Waals surface area (Å²) in [7, 11) is 0. The Kier molecular flexibility index (Phi) is 4.86. The van der Waals surface area contributed by atoms with Gasteiger partial charge in [-0.2, -0.15) is 0 Å². The summed E-state index contributed by atoms with van der Waals surface area (Å²) in [5.41, 5.74) is 1.39. The average molecular weight is 342 g/mol. The number of hydrogen-bond donors (Lipinski definition) is 1. The van der Waals surface area contributed by atoms with Crippen molar-refractivity contribution in [3.63, 3.8) is 0 Å². The van der Waals surface area contributed by atoms with Crippen LogP contribution in [0.3, 0.4) is 0 Å². The number of nitrogens with zero attached hydrogens (tertiary/aromatic N) is 4. The van der Waals surface area contributed by atoms with Gasteiger partial charge in [-0.3, -0.25) is 9.36 Å². The number of amides is 1. The van der Waals surface area contributed by atoms with E-state index in [1.807, 2.05) is 31.2 Å². The van der Waals surface area contributed by atoms with Crippen molar-refractivity contribution >= 4 is 17.5 Å². The van der Waals surface area contributed by atoms with Crippen molar-refractivity contribution in [2.45, 2.75) is 13.3 Å². The summed E-state index contributed by atoms with van der Waals surface area (Å²) >= 11 is 5.85. The lowest BCUT2D eigenvalue weighted by molar-refractivity contribution is 0.0948. The van der Waals surface area contributed by atoms with Crippen LogP contribution in [0.15, 0.2) is 48.8 Å². The predicted octanol–water partition coefficient (Wildman–Crippen LogP) is 2.60. The molecule has 0 unspecified atom stereocenters. The van der Waals surface area contributed by atoms with Crippen molar-refractivity contribution in [1.29, 1.82) is 0 Å². The molecule has 2 aromatic heterocycles. The maximum atomic E-state index is 12.1. The Morgan fingerprint density at radius 3 is 2.58 bits per heavy atom. The van der Waals surface area contributed by atoms with Crippen molar-refractivity contribution in [2.24, 2.45) is 0 Å². The summed E-state index contributed by atoms with van der Waals surface area (Å²) in [6, 6.07) is 10.9. The van der Waals surface area contributed by atoms with Crippen LogP contribution in [0.25, 0.3) is 5.82 Å². The molecule has 6 nitrogen and oxygen atoms in total. The van der Waals surface area contributed by atoms with Crippen molar-refractivity contribution < 1.29 is 4.79 Å². The largest absolute Gasteiger partial charge is 0.350 e. The van der Waals surface area contributed by atoms with Gasteiger partial charge in [-0.1, -0.05) is 23.7 Å². The smallest absolute Gasteiger partial charge is 0.271 e. The second-order valence-electron chi connectivity index (χ2n) is 5.25. The first-order chi connectivity index (χ1) is 11.6. The zero-order valence-electron chi connectivity index (χ0n) is 13.1. The summed E-state index contributed by atoms with van der Waals surface area (Å²) < 4.78 is 1.80. The molecule has 0 spiro atoms. The highest BCUT2D eigenvalue weighted by atomic mass is 35.5. The first-order valence-electron chi connectivity index (χ1n) is 7.50. The Labute approximate surface area is 144 Å². The number of nitrogens with one attached hydrogen (secondary N) is 1. The fourth-order valence-corrected chi connectivity index (χ4v) is 2.38. The Hall–Kier alpha value is -2.73. The minimum atomic E-state index is -0.245. The SMILES string of the molecule is Cc1nccn1-c1ccc(C(=O)NCCc2ccc(Cl)cc2)nn1. The third-order valence-electron chi connectivity index (χ3n) is 3.57. The Morgan fingerprint density at radius 2 is 1.96 bits per heavy atom. The number of benzene rings is 1. The molecule has 0 aliphatic heterocycles. The van der Waals surface area contributed by atoms with E-state index in [1.54, 1.807) is 29.1 Å². The Bertz CT molecular complexity index is 827. The molecular formula is C17H16ClN5O. The molecule has 3 rings (SSSR count).